The molecule has 3 rings (SSSR count). The fourth-order valence-corrected chi connectivity index (χ4v) is 3.27. The van der Waals surface area contributed by atoms with Gasteiger partial charge >= 0.3 is 0 Å². The van der Waals surface area contributed by atoms with Crippen LogP contribution in [0.5, 0.6) is 0 Å². The molecule has 102 valence electrons. The minimum absolute atomic E-state index is 0.458. The van der Waals surface area contributed by atoms with Crippen LogP contribution in [0.15, 0.2) is 30.3 Å². The van der Waals surface area contributed by atoms with Gasteiger partial charge in [0.15, 0.2) is 0 Å². The van der Waals surface area contributed by atoms with Crippen molar-refractivity contribution in [3.63, 3.8) is 0 Å². The molecule has 1 saturated heterocycles. The first kappa shape index (κ1) is 12.7. The number of benzene rings is 1. The third-order valence-corrected chi connectivity index (χ3v) is 4.46. The highest BCUT2D eigenvalue weighted by molar-refractivity contribution is 5.79. The first-order valence-corrected chi connectivity index (χ1v) is 7.39. The third-order valence-electron chi connectivity index (χ3n) is 4.46. The molecule has 0 unspecified atom stereocenters. The highest BCUT2D eigenvalue weighted by atomic mass is 16.1. The predicted octanol–water partition coefficient (Wildman–Crippen LogP) is 2.32. The van der Waals surface area contributed by atoms with Crippen LogP contribution in [0.1, 0.15) is 25.7 Å². The van der Waals surface area contributed by atoms with E-state index in [2.05, 4.69) is 40.1 Å². The molecular weight excluding hydrogens is 236 g/mol. The summed E-state index contributed by atoms with van der Waals surface area (Å²) < 4.78 is 0. The number of rotatable bonds is 2. The lowest BCUT2D eigenvalue weighted by molar-refractivity contribution is -0.121. The second-order valence-electron chi connectivity index (χ2n) is 5.63. The van der Waals surface area contributed by atoms with Crippen molar-refractivity contribution in [3.8, 4) is 0 Å². The Morgan fingerprint density at radius 1 is 0.895 bits per heavy atom. The average molecular weight is 258 g/mol. The fourth-order valence-electron chi connectivity index (χ4n) is 3.27. The topological polar surface area (TPSA) is 23.6 Å². The van der Waals surface area contributed by atoms with Crippen LogP contribution in [0, 0.1) is 0 Å². The van der Waals surface area contributed by atoms with Gasteiger partial charge in [-0.15, -0.1) is 0 Å². The maximum Gasteiger partial charge on any atom is 0.133 e. The number of carbonyl (C=O) groups is 1. The van der Waals surface area contributed by atoms with Gasteiger partial charge in [-0.05, 0) is 25.0 Å². The first-order valence-electron chi connectivity index (χ1n) is 7.39. The monoisotopic (exact) mass is 258 g/mol. The molecule has 0 aromatic heterocycles. The summed E-state index contributed by atoms with van der Waals surface area (Å²) in [5.74, 6) is 0.458. The number of nitrogens with zero attached hydrogens (tertiary/aromatic N) is 2. The van der Waals surface area contributed by atoms with Crippen LogP contribution < -0.4 is 4.90 Å². The Morgan fingerprint density at radius 3 is 2.16 bits per heavy atom. The first-order chi connectivity index (χ1) is 9.33. The Balaban J connectivity index is 1.53. The molecule has 0 radical (unpaired) electrons. The molecule has 2 aliphatic rings. The number of anilines is 1. The van der Waals surface area contributed by atoms with Gasteiger partial charge in [-0.3, -0.25) is 9.69 Å². The molecule has 0 bridgehead atoms. The summed E-state index contributed by atoms with van der Waals surface area (Å²) in [6, 6.07) is 11.3. The molecular formula is C16H22N2O. The van der Waals surface area contributed by atoms with Crippen LogP contribution in [0.3, 0.4) is 0 Å². The standard InChI is InChI=1S/C16H22N2O/c19-16-8-6-15(7-9-16)18-12-10-17(11-13-18)14-4-2-1-3-5-14/h1-5,15H,6-13H2. The van der Waals surface area contributed by atoms with Crippen LogP contribution in [-0.4, -0.2) is 42.9 Å². The van der Waals surface area contributed by atoms with Crippen LogP contribution in [0.4, 0.5) is 5.69 Å². The molecule has 0 N–H and O–H groups in total. The van der Waals surface area contributed by atoms with E-state index in [1.807, 2.05) is 0 Å². The zero-order valence-electron chi connectivity index (χ0n) is 11.4. The van der Waals surface area contributed by atoms with Gasteiger partial charge in [-0.25, -0.2) is 0 Å². The summed E-state index contributed by atoms with van der Waals surface area (Å²) in [7, 11) is 0. The second kappa shape index (κ2) is 5.74. The van der Waals surface area contributed by atoms with E-state index >= 15 is 0 Å². The zero-order valence-corrected chi connectivity index (χ0v) is 11.4. The molecule has 1 aliphatic carbocycles. The molecule has 0 amide bonds. The van der Waals surface area contributed by atoms with Crippen LogP contribution in [0.2, 0.25) is 0 Å². The van der Waals surface area contributed by atoms with Gasteiger partial charge in [0.1, 0.15) is 5.78 Å². The van der Waals surface area contributed by atoms with E-state index < -0.39 is 0 Å². The largest absolute Gasteiger partial charge is 0.369 e. The molecule has 1 aromatic carbocycles. The average Bonchev–Trinajstić information content (AvgIpc) is 2.49. The summed E-state index contributed by atoms with van der Waals surface area (Å²) in [6.07, 6.45) is 3.74. The van der Waals surface area contributed by atoms with E-state index in [1.54, 1.807) is 0 Å². The van der Waals surface area contributed by atoms with Gasteiger partial charge in [0, 0.05) is 50.7 Å². The minimum Gasteiger partial charge on any atom is -0.369 e. The number of hydrogen-bond donors (Lipinski definition) is 0. The maximum atomic E-state index is 11.3. The predicted molar refractivity (Wildman–Crippen MR) is 77.5 cm³/mol. The second-order valence-corrected chi connectivity index (χ2v) is 5.63. The molecule has 1 heterocycles. The number of Topliss-reactive ketones (excluding diaryl/α,β-unsaturated/α-hetero) is 1. The van der Waals surface area contributed by atoms with E-state index in [0.29, 0.717) is 11.8 Å². The SMILES string of the molecule is O=C1CCC(N2CCN(c3ccccc3)CC2)CC1. The lowest BCUT2D eigenvalue weighted by atomic mass is 9.93. The normalized spacial score (nSPS) is 22.7. The fraction of sp³-hybridized carbons (Fsp3) is 0.562. The van der Waals surface area contributed by atoms with Gasteiger partial charge in [0.05, 0.1) is 0 Å². The Kier molecular flexibility index (Phi) is 3.83. The molecule has 0 spiro atoms. The number of hydrogen-bond acceptors (Lipinski definition) is 3. The number of para-hydroxylation sites is 1. The molecule has 1 saturated carbocycles. The van der Waals surface area contributed by atoms with Crippen molar-refractivity contribution in [2.24, 2.45) is 0 Å². The van der Waals surface area contributed by atoms with Gasteiger partial charge in [0.2, 0.25) is 0 Å². The Hall–Kier alpha value is -1.35. The van der Waals surface area contributed by atoms with Gasteiger partial charge < -0.3 is 4.90 Å². The lowest BCUT2D eigenvalue weighted by Crippen LogP contribution is -2.51. The lowest BCUT2D eigenvalue weighted by Gasteiger charge is -2.41. The number of ketones is 1. The van der Waals surface area contributed by atoms with Crippen molar-refractivity contribution in [1.29, 1.82) is 0 Å². The zero-order chi connectivity index (χ0) is 13.1. The smallest absolute Gasteiger partial charge is 0.133 e. The summed E-state index contributed by atoms with van der Waals surface area (Å²) in [4.78, 5) is 16.4. The molecule has 3 nitrogen and oxygen atoms in total. The van der Waals surface area contributed by atoms with Crippen molar-refractivity contribution in [2.75, 3.05) is 31.1 Å². The summed E-state index contributed by atoms with van der Waals surface area (Å²) in [6.45, 7) is 4.48. The van der Waals surface area contributed by atoms with Crippen LogP contribution >= 0.6 is 0 Å². The maximum absolute atomic E-state index is 11.3. The van der Waals surface area contributed by atoms with Crippen LogP contribution in [0.25, 0.3) is 0 Å². The Morgan fingerprint density at radius 2 is 1.53 bits per heavy atom. The molecule has 2 fully saturated rings. The van der Waals surface area contributed by atoms with Crippen molar-refractivity contribution >= 4 is 11.5 Å². The van der Waals surface area contributed by atoms with E-state index in [4.69, 9.17) is 0 Å². The van der Waals surface area contributed by atoms with Gasteiger partial charge in [-0.2, -0.15) is 0 Å². The van der Waals surface area contributed by atoms with E-state index in [-0.39, 0.29) is 0 Å². The van der Waals surface area contributed by atoms with Gasteiger partial charge in [-0.1, -0.05) is 18.2 Å². The van der Waals surface area contributed by atoms with Crippen LogP contribution in [-0.2, 0) is 4.79 Å². The summed E-state index contributed by atoms with van der Waals surface area (Å²) >= 11 is 0. The van der Waals surface area contributed by atoms with E-state index in [0.717, 1.165) is 51.9 Å². The number of carbonyl (C=O) groups excluding carboxylic acids is 1. The molecule has 19 heavy (non-hydrogen) atoms. The van der Waals surface area contributed by atoms with Crippen molar-refractivity contribution in [3.05, 3.63) is 30.3 Å². The minimum atomic E-state index is 0.458. The third kappa shape index (κ3) is 2.98. The molecule has 0 atom stereocenters. The van der Waals surface area contributed by atoms with Crippen molar-refractivity contribution in [1.82, 2.24) is 4.90 Å². The van der Waals surface area contributed by atoms with E-state index in [1.165, 1.54) is 5.69 Å². The highest BCUT2D eigenvalue weighted by Crippen LogP contribution is 2.23. The van der Waals surface area contributed by atoms with Crippen molar-refractivity contribution < 1.29 is 4.79 Å². The Bertz CT molecular complexity index is 414. The molecule has 1 aromatic rings. The highest BCUT2D eigenvalue weighted by Gasteiger charge is 2.27. The molecule has 1 aliphatic heterocycles. The quantitative estimate of drug-likeness (QED) is 0.813. The Labute approximate surface area is 115 Å². The van der Waals surface area contributed by atoms with E-state index in [9.17, 15) is 4.79 Å². The summed E-state index contributed by atoms with van der Waals surface area (Å²) in [5, 5.41) is 0. The van der Waals surface area contributed by atoms with Crippen molar-refractivity contribution in [2.45, 2.75) is 31.7 Å². The molecule has 3 heteroatoms. The summed E-state index contributed by atoms with van der Waals surface area (Å²) in [5.41, 5.74) is 1.33. The van der Waals surface area contributed by atoms with Gasteiger partial charge in [0.25, 0.3) is 0 Å². The number of piperazine rings is 1.